The lowest BCUT2D eigenvalue weighted by Gasteiger charge is -2.41. The first-order valence-corrected chi connectivity index (χ1v) is 6.72. The molecule has 0 bridgehead atoms. The number of halogens is 1. The predicted molar refractivity (Wildman–Crippen MR) is 73.0 cm³/mol. The molecule has 7 nitrogen and oxygen atoms in total. The monoisotopic (exact) mass is 301 g/mol. The first-order chi connectivity index (χ1) is 9.32. The highest BCUT2D eigenvalue weighted by Gasteiger charge is 2.36. The van der Waals surface area contributed by atoms with Gasteiger partial charge in [-0.2, -0.15) is 0 Å². The number of morpholine rings is 1. The summed E-state index contributed by atoms with van der Waals surface area (Å²) in [4.78, 5) is 26.5. The van der Waals surface area contributed by atoms with Crippen LogP contribution in [-0.2, 0) is 4.74 Å². The number of nitrogens with one attached hydrogen (secondary N) is 1. The molecule has 20 heavy (non-hydrogen) atoms. The average molecular weight is 302 g/mol. The maximum Gasteiger partial charge on any atom is 0.321 e. The van der Waals surface area contributed by atoms with E-state index in [1.165, 1.54) is 12.1 Å². The maximum atomic E-state index is 12.4. The molecular weight excluding hydrogens is 286 g/mol. The van der Waals surface area contributed by atoms with Crippen molar-refractivity contribution in [2.45, 2.75) is 25.6 Å². The molecule has 2 rings (SSSR count). The predicted octanol–water partition coefficient (Wildman–Crippen LogP) is 1.78. The Labute approximate surface area is 121 Å². The number of aromatic nitrogens is 1. The van der Waals surface area contributed by atoms with Crippen LogP contribution < -0.4 is 0 Å². The Morgan fingerprint density at radius 2 is 2.35 bits per heavy atom. The number of H-pyrrole nitrogens is 1. The number of hydrogen-bond donors (Lipinski definition) is 1. The van der Waals surface area contributed by atoms with Gasteiger partial charge in [-0.05, 0) is 24.8 Å². The second kappa shape index (κ2) is 5.41. The lowest BCUT2D eigenvalue weighted by molar-refractivity contribution is -0.389. The number of rotatable bonds is 3. The second-order valence-corrected chi connectivity index (χ2v) is 5.66. The molecule has 1 amide bonds. The minimum atomic E-state index is -0.568. The van der Waals surface area contributed by atoms with Gasteiger partial charge in [-0.15, -0.1) is 11.6 Å². The van der Waals surface area contributed by atoms with Crippen molar-refractivity contribution in [1.29, 1.82) is 0 Å². The van der Waals surface area contributed by atoms with Gasteiger partial charge in [0.15, 0.2) is 5.69 Å². The van der Waals surface area contributed by atoms with Crippen molar-refractivity contribution in [2.24, 2.45) is 0 Å². The molecule has 110 valence electrons. The third-order valence-electron chi connectivity index (χ3n) is 3.04. The van der Waals surface area contributed by atoms with Crippen LogP contribution in [0.3, 0.4) is 0 Å². The van der Waals surface area contributed by atoms with Gasteiger partial charge in [-0.3, -0.25) is 4.79 Å². The summed E-state index contributed by atoms with van der Waals surface area (Å²) in [5, 5.41) is 10.6. The van der Waals surface area contributed by atoms with E-state index in [1.807, 2.05) is 13.8 Å². The van der Waals surface area contributed by atoms with Crippen LogP contribution in [0, 0.1) is 10.1 Å². The summed E-state index contributed by atoms with van der Waals surface area (Å²) >= 11 is 5.81. The van der Waals surface area contributed by atoms with E-state index in [0.29, 0.717) is 13.1 Å². The molecule has 1 aromatic heterocycles. The van der Waals surface area contributed by atoms with Crippen LogP contribution in [-0.4, -0.2) is 51.4 Å². The van der Waals surface area contributed by atoms with Crippen LogP contribution in [0.4, 0.5) is 5.82 Å². The van der Waals surface area contributed by atoms with Crippen LogP contribution in [0.5, 0.6) is 0 Å². The van der Waals surface area contributed by atoms with E-state index in [-0.39, 0.29) is 29.4 Å². The lowest BCUT2D eigenvalue weighted by atomic mass is 10.1. The minimum Gasteiger partial charge on any atom is -0.367 e. The fourth-order valence-electron chi connectivity index (χ4n) is 2.32. The number of carbonyl (C=O) groups excluding carboxylic acids is 1. The lowest BCUT2D eigenvalue weighted by Crippen LogP contribution is -2.55. The largest absolute Gasteiger partial charge is 0.367 e. The number of aromatic amines is 1. The number of amides is 1. The highest BCUT2D eigenvalue weighted by atomic mass is 35.5. The van der Waals surface area contributed by atoms with Gasteiger partial charge in [-0.25, -0.2) is 4.98 Å². The number of ether oxygens (including phenoxy) is 1. The molecule has 0 aliphatic carbocycles. The maximum absolute atomic E-state index is 12.4. The first kappa shape index (κ1) is 14.8. The molecule has 0 aromatic carbocycles. The van der Waals surface area contributed by atoms with Crippen molar-refractivity contribution in [2.75, 3.05) is 19.0 Å². The van der Waals surface area contributed by atoms with Crippen LogP contribution in [0.1, 0.15) is 24.3 Å². The Hall–Kier alpha value is -1.60. The minimum absolute atomic E-state index is 0.197. The van der Waals surface area contributed by atoms with Gasteiger partial charge in [0.2, 0.25) is 0 Å². The summed E-state index contributed by atoms with van der Waals surface area (Å²) in [6, 6.07) is 2.69. The molecule has 0 saturated carbocycles. The molecule has 0 spiro atoms. The van der Waals surface area contributed by atoms with E-state index >= 15 is 0 Å². The van der Waals surface area contributed by atoms with Crippen LogP contribution in [0.15, 0.2) is 12.1 Å². The highest BCUT2D eigenvalue weighted by Crippen LogP contribution is 2.23. The second-order valence-electron chi connectivity index (χ2n) is 5.35. The molecule has 1 unspecified atom stereocenters. The number of nitrogens with zero attached hydrogens (tertiary/aromatic N) is 2. The molecule has 0 radical (unpaired) electrons. The standard InChI is InChI=1S/C12H16ClN3O4/c1-12(2)7-15(6-8(5-13)20-12)11(17)9-3-4-10(14-9)16(18)19/h3-4,8,14H,5-7H2,1-2H3. The Balaban J connectivity index is 2.16. The van der Waals surface area contributed by atoms with Gasteiger partial charge in [0.1, 0.15) is 0 Å². The van der Waals surface area contributed by atoms with Crippen LogP contribution in [0.25, 0.3) is 0 Å². The molecule has 2 heterocycles. The molecule has 1 atom stereocenters. The topological polar surface area (TPSA) is 88.5 Å². The summed E-state index contributed by atoms with van der Waals surface area (Å²) in [6.07, 6.45) is -0.241. The zero-order valence-electron chi connectivity index (χ0n) is 11.3. The summed E-state index contributed by atoms with van der Waals surface area (Å²) in [5.41, 5.74) is -0.297. The van der Waals surface area contributed by atoms with Gasteiger partial charge < -0.3 is 19.8 Å². The Morgan fingerprint density at radius 1 is 1.65 bits per heavy atom. The van der Waals surface area contributed by atoms with E-state index in [4.69, 9.17) is 16.3 Å². The zero-order valence-corrected chi connectivity index (χ0v) is 12.0. The zero-order chi connectivity index (χ0) is 14.9. The molecule has 1 fully saturated rings. The molecule has 1 N–H and O–H groups in total. The Bertz CT molecular complexity index is 529. The highest BCUT2D eigenvalue weighted by molar-refractivity contribution is 6.18. The van der Waals surface area contributed by atoms with Crippen molar-refractivity contribution in [3.05, 3.63) is 27.9 Å². The molecular formula is C12H16ClN3O4. The fourth-order valence-corrected chi connectivity index (χ4v) is 2.48. The third-order valence-corrected chi connectivity index (χ3v) is 3.38. The van der Waals surface area contributed by atoms with E-state index in [0.717, 1.165) is 0 Å². The summed E-state index contributed by atoms with van der Waals surface area (Å²) in [5.74, 6) is -0.197. The summed E-state index contributed by atoms with van der Waals surface area (Å²) in [7, 11) is 0. The fraction of sp³-hybridized carbons (Fsp3) is 0.583. The van der Waals surface area contributed by atoms with Gasteiger partial charge in [0.05, 0.1) is 17.6 Å². The molecule has 8 heteroatoms. The Morgan fingerprint density at radius 3 is 2.90 bits per heavy atom. The number of alkyl halides is 1. The van der Waals surface area contributed by atoms with Crippen molar-refractivity contribution in [3.8, 4) is 0 Å². The average Bonchev–Trinajstić information content (AvgIpc) is 2.85. The number of nitro groups is 1. The van der Waals surface area contributed by atoms with Crippen molar-refractivity contribution < 1.29 is 14.5 Å². The normalized spacial score (nSPS) is 21.8. The van der Waals surface area contributed by atoms with E-state index < -0.39 is 10.5 Å². The quantitative estimate of drug-likeness (QED) is 0.523. The molecule has 1 aromatic rings. The van der Waals surface area contributed by atoms with Crippen molar-refractivity contribution in [3.63, 3.8) is 0 Å². The van der Waals surface area contributed by atoms with Gasteiger partial charge in [0, 0.05) is 19.2 Å². The smallest absolute Gasteiger partial charge is 0.321 e. The van der Waals surface area contributed by atoms with Crippen LogP contribution >= 0.6 is 11.6 Å². The van der Waals surface area contributed by atoms with E-state index in [1.54, 1.807) is 4.90 Å². The van der Waals surface area contributed by atoms with Crippen LogP contribution in [0.2, 0.25) is 0 Å². The number of carbonyl (C=O) groups is 1. The summed E-state index contributed by atoms with van der Waals surface area (Å²) in [6.45, 7) is 4.54. The molecule has 1 aliphatic heterocycles. The van der Waals surface area contributed by atoms with Gasteiger partial charge in [-0.1, -0.05) is 0 Å². The van der Waals surface area contributed by atoms with Gasteiger partial charge >= 0.3 is 5.82 Å². The van der Waals surface area contributed by atoms with Gasteiger partial charge in [0.25, 0.3) is 5.91 Å². The van der Waals surface area contributed by atoms with E-state index in [9.17, 15) is 14.9 Å². The Kier molecular flexibility index (Phi) is 4.01. The SMILES string of the molecule is CC1(C)CN(C(=O)c2ccc([N+](=O)[O-])[nH]2)CC(CCl)O1. The van der Waals surface area contributed by atoms with E-state index in [2.05, 4.69) is 4.98 Å². The van der Waals surface area contributed by atoms with Crippen molar-refractivity contribution in [1.82, 2.24) is 9.88 Å². The molecule has 1 saturated heterocycles. The summed E-state index contributed by atoms with van der Waals surface area (Å²) < 4.78 is 5.74. The third kappa shape index (κ3) is 3.10. The van der Waals surface area contributed by atoms with Crippen molar-refractivity contribution >= 4 is 23.3 Å². The first-order valence-electron chi connectivity index (χ1n) is 6.19. The molecule has 1 aliphatic rings. The number of hydrogen-bond acceptors (Lipinski definition) is 4.